The number of rotatable bonds is 13. The Morgan fingerprint density at radius 1 is 0.968 bits per heavy atom. The molecule has 0 radical (unpaired) electrons. The molecule has 8 N–H and O–H groups in total. The van der Waals surface area contributed by atoms with Gasteiger partial charge in [-0.25, -0.2) is 4.79 Å². The van der Waals surface area contributed by atoms with Crippen LogP contribution in [0.5, 0.6) is 0 Å². The molecule has 1 rings (SSSR count). The molecule has 4 amide bonds. The first-order valence-corrected chi connectivity index (χ1v) is 9.88. The van der Waals surface area contributed by atoms with Gasteiger partial charge in [0.2, 0.25) is 23.6 Å². The third kappa shape index (κ3) is 9.42. The van der Waals surface area contributed by atoms with Crippen LogP contribution in [0.1, 0.15) is 45.4 Å². The van der Waals surface area contributed by atoms with E-state index in [1.165, 1.54) is 6.92 Å². The molecule has 0 spiro atoms. The lowest BCUT2D eigenvalue weighted by atomic mass is 10.1. The molecule has 0 aliphatic carbocycles. The van der Waals surface area contributed by atoms with Crippen molar-refractivity contribution >= 4 is 35.6 Å². The number of primary amides is 1. The van der Waals surface area contributed by atoms with Crippen LogP contribution < -0.4 is 27.0 Å². The van der Waals surface area contributed by atoms with Gasteiger partial charge in [0.1, 0.15) is 18.1 Å². The minimum atomic E-state index is -1.44. The minimum absolute atomic E-state index is 0.0790. The van der Waals surface area contributed by atoms with Crippen molar-refractivity contribution in [3.8, 4) is 0 Å². The number of hydrogen-bond donors (Lipinski definition) is 7. The fourth-order valence-electron chi connectivity index (χ4n) is 2.94. The number of carboxylic acids is 2. The molecular formula is C18H29N5O8. The summed E-state index contributed by atoms with van der Waals surface area (Å²) in [6.07, 6.45) is 0.358. The zero-order chi connectivity index (χ0) is 23.6. The first-order valence-electron chi connectivity index (χ1n) is 9.88. The van der Waals surface area contributed by atoms with E-state index < -0.39 is 66.2 Å². The Hall–Kier alpha value is -3.22. The van der Waals surface area contributed by atoms with Crippen LogP contribution in [0.25, 0.3) is 0 Å². The van der Waals surface area contributed by atoms with Crippen molar-refractivity contribution in [2.75, 3.05) is 6.54 Å². The third-order valence-corrected chi connectivity index (χ3v) is 4.70. The summed E-state index contributed by atoms with van der Waals surface area (Å²) in [5.41, 5.74) is 5.12. The van der Waals surface area contributed by atoms with Gasteiger partial charge in [0.25, 0.3) is 0 Å². The molecule has 0 aromatic carbocycles. The molecule has 0 aromatic heterocycles. The molecule has 174 valence electrons. The highest BCUT2D eigenvalue weighted by atomic mass is 16.4. The Morgan fingerprint density at radius 3 is 2.13 bits per heavy atom. The molecule has 0 aromatic rings. The van der Waals surface area contributed by atoms with Crippen LogP contribution in [0.2, 0.25) is 0 Å². The molecule has 1 fully saturated rings. The number of carbonyl (C=O) groups is 6. The Labute approximate surface area is 178 Å². The largest absolute Gasteiger partial charge is 0.481 e. The maximum absolute atomic E-state index is 12.6. The Morgan fingerprint density at radius 2 is 1.61 bits per heavy atom. The second-order valence-corrected chi connectivity index (χ2v) is 7.28. The molecule has 4 unspecified atom stereocenters. The van der Waals surface area contributed by atoms with Crippen LogP contribution in [0.4, 0.5) is 0 Å². The van der Waals surface area contributed by atoms with Crippen molar-refractivity contribution in [3.63, 3.8) is 0 Å². The van der Waals surface area contributed by atoms with E-state index in [0.29, 0.717) is 13.0 Å². The molecule has 1 saturated heterocycles. The van der Waals surface area contributed by atoms with Crippen LogP contribution in [0, 0.1) is 0 Å². The van der Waals surface area contributed by atoms with Crippen LogP contribution in [-0.4, -0.2) is 76.5 Å². The lowest BCUT2D eigenvalue weighted by Gasteiger charge is -2.23. The van der Waals surface area contributed by atoms with Crippen molar-refractivity contribution in [2.24, 2.45) is 5.73 Å². The average molecular weight is 443 g/mol. The number of carboxylic acid groups (broad SMARTS) is 2. The van der Waals surface area contributed by atoms with Crippen molar-refractivity contribution < 1.29 is 39.0 Å². The molecule has 31 heavy (non-hydrogen) atoms. The van der Waals surface area contributed by atoms with E-state index in [9.17, 15) is 28.8 Å². The number of aliphatic carboxylic acids is 2. The Balaban J connectivity index is 2.71. The number of amides is 4. The molecule has 1 aliphatic heterocycles. The smallest absolute Gasteiger partial charge is 0.326 e. The topological polar surface area (TPSA) is 217 Å². The van der Waals surface area contributed by atoms with Gasteiger partial charge < -0.3 is 37.2 Å². The summed E-state index contributed by atoms with van der Waals surface area (Å²) in [5, 5.41) is 27.8. The molecule has 13 heteroatoms. The zero-order valence-corrected chi connectivity index (χ0v) is 17.2. The average Bonchev–Trinajstić information content (AvgIpc) is 3.22. The predicted octanol–water partition coefficient (Wildman–Crippen LogP) is -2.57. The maximum Gasteiger partial charge on any atom is 0.326 e. The summed E-state index contributed by atoms with van der Waals surface area (Å²) >= 11 is 0. The second-order valence-electron chi connectivity index (χ2n) is 7.28. The van der Waals surface area contributed by atoms with E-state index in [-0.39, 0.29) is 19.3 Å². The van der Waals surface area contributed by atoms with Gasteiger partial charge in [-0.3, -0.25) is 24.0 Å². The lowest BCUT2D eigenvalue weighted by molar-refractivity contribution is -0.143. The summed E-state index contributed by atoms with van der Waals surface area (Å²) in [7, 11) is 0. The molecular weight excluding hydrogens is 414 g/mol. The van der Waals surface area contributed by atoms with Gasteiger partial charge in [0.15, 0.2) is 0 Å². The molecule has 0 saturated carbocycles. The highest BCUT2D eigenvalue weighted by molar-refractivity contribution is 5.94. The summed E-state index contributed by atoms with van der Waals surface area (Å²) in [6, 6.07) is -4.21. The van der Waals surface area contributed by atoms with E-state index in [0.717, 1.165) is 6.42 Å². The summed E-state index contributed by atoms with van der Waals surface area (Å²) in [5.74, 6) is -5.30. The van der Waals surface area contributed by atoms with E-state index in [4.69, 9.17) is 15.9 Å². The van der Waals surface area contributed by atoms with Gasteiger partial charge in [-0.15, -0.1) is 0 Å². The highest BCUT2D eigenvalue weighted by Gasteiger charge is 2.30. The van der Waals surface area contributed by atoms with Crippen molar-refractivity contribution in [2.45, 2.75) is 69.6 Å². The Kier molecular flexibility index (Phi) is 10.4. The fourth-order valence-corrected chi connectivity index (χ4v) is 2.94. The van der Waals surface area contributed by atoms with Crippen LogP contribution >= 0.6 is 0 Å². The summed E-state index contributed by atoms with van der Waals surface area (Å²) < 4.78 is 0. The quantitative estimate of drug-likeness (QED) is 0.159. The molecule has 1 aliphatic rings. The molecule has 1 heterocycles. The van der Waals surface area contributed by atoms with Crippen molar-refractivity contribution in [1.82, 2.24) is 21.3 Å². The lowest BCUT2D eigenvalue weighted by Crippen LogP contribution is -2.56. The SMILES string of the molecule is CC(NC(=O)C(CCC(N)=O)NC(=O)C1CCCN1)C(=O)NC(CCC(=O)O)C(=O)O. The third-order valence-electron chi connectivity index (χ3n) is 4.70. The van der Waals surface area contributed by atoms with Crippen molar-refractivity contribution in [3.05, 3.63) is 0 Å². The van der Waals surface area contributed by atoms with Gasteiger partial charge in [-0.2, -0.15) is 0 Å². The van der Waals surface area contributed by atoms with Crippen molar-refractivity contribution in [1.29, 1.82) is 0 Å². The maximum atomic E-state index is 12.6. The van der Waals surface area contributed by atoms with Crippen LogP contribution in [0.15, 0.2) is 0 Å². The monoisotopic (exact) mass is 443 g/mol. The van der Waals surface area contributed by atoms with Gasteiger partial charge >= 0.3 is 11.9 Å². The zero-order valence-electron chi connectivity index (χ0n) is 17.2. The van der Waals surface area contributed by atoms with Gasteiger partial charge in [-0.1, -0.05) is 0 Å². The molecule has 13 nitrogen and oxygen atoms in total. The Bertz CT molecular complexity index is 707. The standard InChI is InChI=1S/C18H29N5O8/c1-9(15(27)23-12(18(30)31)5-7-14(25)26)21-17(29)11(4-6-13(19)24)22-16(28)10-3-2-8-20-10/h9-12,20H,2-8H2,1H3,(H2,19,24)(H,21,29)(H,22,28)(H,23,27)(H,25,26)(H,30,31). The number of nitrogens with two attached hydrogens (primary N) is 1. The van der Waals surface area contributed by atoms with Gasteiger partial charge in [0, 0.05) is 12.8 Å². The summed E-state index contributed by atoms with van der Waals surface area (Å²) in [4.78, 5) is 70.1. The minimum Gasteiger partial charge on any atom is -0.481 e. The molecule has 4 atom stereocenters. The van der Waals surface area contributed by atoms with Crippen LogP contribution in [0.3, 0.4) is 0 Å². The number of carbonyl (C=O) groups excluding carboxylic acids is 4. The van der Waals surface area contributed by atoms with E-state index in [1.54, 1.807) is 0 Å². The van der Waals surface area contributed by atoms with E-state index in [2.05, 4.69) is 21.3 Å². The van der Waals surface area contributed by atoms with Gasteiger partial charge in [-0.05, 0) is 39.2 Å². The first-order chi connectivity index (χ1) is 14.5. The normalized spacial score (nSPS) is 18.3. The highest BCUT2D eigenvalue weighted by Crippen LogP contribution is 2.07. The second kappa shape index (κ2) is 12.5. The number of nitrogens with one attached hydrogen (secondary N) is 4. The molecule has 0 bridgehead atoms. The predicted molar refractivity (Wildman–Crippen MR) is 105 cm³/mol. The van der Waals surface area contributed by atoms with Crippen LogP contribution in [-0.2, 0) is 28.8 Å². The number of hydrogen-bond acceptors (Lipinski definition) is 7. The van der Waals surface area contributed by atoms with E-state index in [1.807, 2.05) is 0 Å². The fraction of sp³-hybridized carbons (Fsp3) is 0.667. The first kappa shape index (κ1) is 25.8. The summed E-state index contributed by atoms with van der Waals surface area (Å²) in [6.45, 7) is 1.97. The van der Waals surface area contributed by atoms with Gasteiger partial charge in [0.05, 0.1) is 6.04 Å². The van der Waals surface area contributed by atoms with E-state index >= 15 is 0 Å².